The number of hydrogen-bond donors (Lipinski definition) is 8. The van der Waals surface area contributed by atoms with Crippen molar-refractivity contribution in [1.82, 2.24) is 25.9 Å². The Morgan fingerprint density at radius 1 is 1.04 bits per heavy atom. The Morgan fingerprint density at radius 3 is 2.04 bits per heavy atom. The molecule has 1 aromatic heterocycles. The molecule has 0 aliphatic heterocycles. The molecule has 1 rings (SSSR count). The summed E-state index contributed by atoms with van der Waals surface area (Å²) in [4.78, 5) is 53.9. The lowest BCUT2D eigenvalue weighted by molar-refractivity contribution is -0.143. The number of aliphatic hydroxyl groups is 2. The summed E-state index contributed by atoms with van der Waals surface area (Å²) in [5.41, 5.74) is 5.85. The fourth-order valence-corrected chi connectivity index (χ4v) is 2.05. The van der Waals surface area contributed by atoms with E-state index in [4.69, 9.17) is 15.9 Å². The molecule has 4 atom stereocenters. The number of amides is 3. The zero-order valence-electron chi connectivity index (χ0n) is 15.1. The van der Waals surface area contributed by atoms with E-state index < -0.39 is 61.1 Å². The highest BCUT2D eigenvalue weighted by Gasteiger charge is 2.29. The van der Waals surface area contributed by atoms with Gasteiger partial charge in [0.2, 0.25) is 17.7 Å². The number of H-pyrrole nitrogens is 1. The van der Waals surface area contributed by atoms with E-state index in [9.17, 15) is 24.3 Å². The maximum Gasteiger partial charge on any atom is 0.328 e. The van der Waals surface area contributed by atoms with Crippen LogP contribution < -0.4 is 21.7 Å². The summed E-state index contributed by atoms with van der Waals surface area (Å²) in [6.07, 6.45) is 2.66. The van der Waals surface area contributed by atoms with Crippen LogP contribution in [0.25, 0.3) is 0 Å². The summed E-state index contributed by atoms with van der Waals surface area (Å²) in [5.74, 6) is -3.92. The maximum absolute atomic E-state index is 12.4. The van der Waals surface area contributed by atoms with Gasteiger partial charge >= 0.3 is 5.97 Å². The second-order valence-corrected chi connectivity index (χ2v) is 5.96. The monoisotopic (exact) mass is 400 g/mol. The molecule has 13 heteroatoms. The summed E-state index contributed by atoms with van der Waals surface area (Å²) in [5, 5.41) is 34.0. The first-order chi connectivity index (χ1) is 13.2. The van der Waals surface area contributed by atoms with Crippen LogP contribution in [0.5, 0.6) is 0 Å². The molecule has 1 aromatic rings. The summed E-state index contributed by atoms with van der Waals surface area (Å²) in [7, 11) is 0. The van der Waals surface area contributed by atoms with Gasteiger partial charge < -0.3 is 42.0 Å². The largest absolute Gasteiger partial charge is 0.480 e. The number of nitrogens with one attached hydrogen (secondary N) is 4. The Kier molecular flexibility index (Phi) is 9.01. The molecule has 0 radical (unpaired) electrons. The van der Waals surface area contributed by atoms with Gasteiger partial charge in [-0.2, -0.15) is 0 Å². The third-order valence-electron chi connectivity index (χ3n) is 3.64. The topological polar surface area (TPSA) is 220 Å². The molecule has 156 valence electrons. The summed E-state index contributed by atoms with van der Waals surface area (Å²) >= 11 is 0. The molecule has 9 N–H and O–H groups in total. The summed E-state index contributed by atoms with van der Waals surface area (Å²) in [6, 6.07) is -5.14. The number of nitrogens with zero attached hydrogens (tertiary/aromatic N) is 1. The lowest BCUT2D eigenvalue weighted by Gasteiger charge is -2.23. The van der Waals surface area contributed by atoms with E-state index in [-0.39, 0.29) is 6.42 Å². The number of nitrogens with two attached hydrogens (primary N) is 1. The molecule has 0 fully saturated rings. The van der Waals surface area contributed by atoms with Crippen LogP contribution in [0.1, 0.15) is 12.6 Å². The van der Waals surface area contributed by atoms with Crippen LogP contribution in [-0.4, -0.2) is 86.4 Å². The number of aliphatic hydroxyl groups excluding tert-OH is 2. The third-order valence-corrected chi connectivity index (χ3v) is 3.64. The summed E-state index contributed by atoms with van der Waals surface area (Å²) < 4.78 is 0. The number of carbonyl (C=O) groups is 4. The van der Waals surface area contributed by atoms with Gasteiger partial charge in [-0.3, -0.25) is 14.4 Å². The smallest absolute Gasteiger partial charge is 0.328 e. The molecule has 0 bridgehead atoms. The normalized spacial score (nSPS) is 15.0. The molecular weight excluding hydrogens is 376 g/mol. The number of carboxylic acids is 1. The molecule has 0 aromatic carbocycles. The molecule has 0 aliphatic rings. The van der Waals surface area contributed by atoms with E-state index in [0.717, 1.165) is 0 Å². The third kappa shape index (κ3) is 6.94. The first kappa shape index (κ1) is 23.0. The van der Waals surface area contributed by atoms with Crippen LogP contribution in [0.4, 0.5) is 0 Å². The lowest BCUT2D eigenvalue weighted by atomic mass is 10.1. The fraction of sp³-hybridized carbons (Fsp3) is 0.533. The zero-order chi connectivity index (χ0) is 21.3. The molecule has 1 heterocycles. The Morgan fingerprint density at radius 2 is 1.57 bits per heavy atom. The molecule has 28 heavy (non-hydrogen) atoms. The highest BCUT2D eigenvalue weighted by atomic mass is 16.4. The Balaban J connectivity index is 2.91. The molecule has 0 aliphatic carbocycles. The van der Waals surface area contributed by atoms with Gasteiger partial charge in [-0.1, -0.05) is 0 Å². The number of carboxylic acid groups (broad SMARTS) is 1. The van der Waals surface area contributed by atoms with Gasteiger partial charge in [0.15, 0.2) is 0 Å². The van der Waals surface area contributed by atoms with Crippen LogP contribution in [-0.2, 0) is 25.6 Å². The Hall–Kier alpha value is -3.03. The van der Waals surface area contributed by atoms with Crippen LogP contribution in [0.2, 0.25) is 0 Å². The number of rotatable bonds is 11. The van der Waals surface area contributed by atoms with Gasteiger partial charge in [0.25, 0.3) is 0 Å². The summed E-state index contributed by atoms with van der Waals surface area (Å²) in [6.45, 7) is -0.219. The number of aromatic nitrogens is 2. The van der Waals surface area contributed by atoms with Crippen LogP contribution in [0, 0.1) is 0 Å². The molecule has 0 saturated heterocycles. The molecule has 0 spiro atoms. The van der Waals surface area contributed by atoms with Gasteiger partial charge in [0, 0.05) is 18.3 Å². The van der Waals surface area contributed by atoms with E-state index in [1.54, 1.807) is 0 Å². The Labute approximate surface area is 159 Å². The van der Waals surface area contributed by atoms with Crippen LogP contribution in [0.3, 0.4) is 0 Å². The minimum Gasteiger partial charge on any atom is -0.480 e. The minimum atomic E-state index is -1.57. The van der Waals surface area contributed by atoms with E-state index in [1.165, 1.54) is 19.4 Å². The van der Waals surface area contributed by atoms with E-state index in [0.29, 0.717) is 5.69 Å². The molecule has 13 nitrogen and oxygen atoms in total. The van der Waals surface area contributed by atoms with Crippen molar-refractivity contribution in [3.63, 3.8) is 0 Å². The van der Waals surface area contributed by atoms with E-state index >= 15 is 0 Å². The minimum absolute atomic E-state index is 0.0886. The van der Waals surface area contributed by atoms with Crippen molar-refractivity contribution < 1.29 is 34.5 Å². The van der Waals surface area contributed by atoms with Crippen molar-refractivity contribution in [2.45, 2.75) is 37.5 Å². The lowest BCUT2D eigenvalue weighted by Crippen LogP contribution is -2.58. The number of imidazole rings is 1. The first-order valence-corrected chi connectivity index (χ1v) is 8.28. The van der Waals surface area contributed by atoms with E-state index in [2.05, 4.69) is 25.9 Å². The highest BCUT2D eigenvalue weighted by Crippen LogP contribution is 2.01. The van der Waals surface area contributed by atoms with E-state index in [1.807, 2.05) is 0 Å². The highest BCUT2D eigenvalue weighted by molar-refractivity contribution is 5.94. The second kappa shape index (κ2) is 11.0. The van der Waals surface area contributed by atoms with Crippen molar-refractivity contribution >= 4 is 23.7 Å². The van der Waals surface area contributed by atoms with Crippen molar-refractivity contribution in [2.75, 3.05) is 13.2 Å². The van der Waals surface area contributed by atoms with Crippen molar-refractivity contribution in [3.8, 4) is 0 Å². The van der Waals surface area contributed by atoms with Gasteiger partial charge in [0.1, 0.15) is 18.1 Å². The number of carbonyl (C=O) groups excluding carboxylic acids is 3. The fourth-order valence-electron chi connectivity index (χ4n) is 2.05. The first-order valence-electron chi connectivity index (χ1n) is 8.28. The Bertz CT molecular complexity index is 678. The zero-order valence-corrected chi connectivity index (χ0v) is 15.1. The molecular formula is C15H24N6O7. The molecule has 0 saturated carbocycles. The number of aromatic amines is 1. The predicted molar refractivity (Wildman–Crippen MR) is 93.5 cm³/mol. The average molecular weight is 400 g/mol. The van der Waals surface area contributed by atoms with Crippen LogP contribution >= 0.6 is 0 Å². The maximum atomic E-state index is 12.4. The van der Waals surface area contributed by atoms with Gasteiger partial charge in [-0.15, -0.1) is 0 Å². The van der Waals surface area contributed by atoms with Crippen LogP contribution in [0.15, 0.2) is 12.5 Å². The molecule has 3 amide bonds. The average Bonchev–Trinajstić information content (AvgIpc) is 3.15. The van der Waals surface area contributed by atoms with Gasteiger partial charge in [0.05, 0.1) is 25.6 Å². The van der Waals surface area contributed by atoms with Crippen molar-refractivity contribution in [3.05, 3.63) is 18.2 Å². The SMILES string of the molecule is CC(N)C(=O)NC(CO)C(=O)NC(Cc1cnc[nH]1)C(=O)NC(CO)C(=O)O. The predicted octanol–water partition coefficient (Wildman–Crippen LogP) is -4.18. The van der Waals surface area contributed by atoms with Gasteiger partial charge in [-0.05, 0) is 6.92 Å². The van der Waals surface area contributed by atoms with Crippen molar-refractivity contribution in [2.24, 2.45) is 5.73 Å². The number of hydrogen-bond acceptors (Lipinski definition) is 8. The second-order valence-electron chi connectivity index (χ2n) is 5.96. The standard InChI is InChI=1S/C15H24N6O7/c1-7(16)12(24)20-10(4-22)14(26)19-9(2-8-3-17-6-18-8)13(25)21-11(5-23)15(27)28/h3,6-7,9-11,22-23H,2,4-5,16H2,1H3,(H,17,18)(H,19,26)(H,20,24)(H,21,25)(H,27,28). The van der Waals surface area contributed by atoms with Crippen molar-refractivity contribution in [1.29, 1.82) is 0 Å². The quantitative estimate of drug-likeness (QED) is 0.180. The number of aliphatic carboxylic acids is 1. The molecule has 4 unspecified atom stereocenters. The van der Waals surface area contributed by atoms with Gasteiger partial charge in [-0.25, -0.2) is 9.78 Å².